The molecule has 0 unspecified atom stereocenters. The van der Waals surface area contributed by atoms with E-state index in [-0.39, 0.29) is 5.91 Å². The molecule has 0 aliphatic heterocycles. The number of hydrogen-bond acceptors (Lipinski definition) is 2. The topological polar surface area (TPSA) is 29.1 Å². The van der Waals surface area contributed by atoms with E-state index in [0.29, 0.717) is 6.42 Å². The Bertz CT molecular complexity index is 598. The molecule has 19 heavy (non-hydrogen) atoms. The van der Waals surface area contributed by atoms with Gasteiger partial charge in [-0.1, -0.05) is 13.0 Å². The van der Waals surface area contributed by atoms with Crippen LogP contribution in [0.25, 0.3) is 10.1 Å². The van der Waals surface area contributed by atoms with Crippen LogP contribution < -0.4 is 5.32 Å². The van der Waals surface area contributed by atoms with Crippen molar-refractivity contribution in [3.63, 3.8) is 0 Å². The van der Waals surface area contributed by atoms with E-state index in [0.717, 1.165) is 18.9 Å². The molecule has 100 valence electrons. The molecule has 0 atom stereocenters. The van der Waals surface area contributed by atoms with Crippen molar-refractivity contribution in [3.05, 3.63) is 34.7 Å². The predicted molar refractivity (Wildman–Crippen MR) is 80.8 cm³/mol. The molecule has 0 radical (unpaired) electrons. The van der Waals surface area contributed by atoms with Crippen LogP contribution in [0.15, 0.2) is 23.6 Å². The third-order valence-corrected chi connectivity index (χ3v) is 4.78. The van der Waals surface area contributed by atoms with E-state index in [1.165, 1.54) is 34.1 Å². The van der Waals surface area contributed by atoms with Crippen LogP contribution in [0.4, 0.5) is 0 Å². The molecule has 1 heterocycles. The predicted octanol–water partition coefficient (Wildman–Crippen LogP) is 3.85. The first-order valence-corrected chi connectivity index (χ1v) is 7.92. The highest BCUT2D eigenvalue weighted by atomic mass is 32.1. The summed E-state index contributed by atoms with van der Waals surface area (Å²) in [5, 5.41) is 6.58. The second-order valence-electron chi connectivity index (χ2n) is 5.24. The van der Waals surface area contributed by atoms with Gasteiger partial charge in [-0.15, -0.1) is 11.3 Å². The lowest BCUT2D eigenvalue weighted by molar-refractivity contribution is -0.120. The van der Waals surface area contributed by atoms with E-state index in [2.05, 4.69) is 28.9 Å². The Labute approximate surface area is 117 Å². The number of rotatable bonds is 5. The van der Waals surface area contributed by atoms with Gasteiger partial charge in [-0.05, 0) is 59.2 Å². The normalized spacial score (nSPS) is 14.8. The summed E-state index contributed by atoms with van der Waals surface area (Å²) in [7, 11) is 0. The molecule has 2 aromatic rings. The minimum absolute atomic E-state index is 0.137. The third kappa shape index (κ3) is 2.81. The molecule has 0 bridgehead atoms. The van der Waals surface area contributed by atoms with E-state index in [1.807, 2.05) is 6.92 Å². The van der Waals surface area contributed by atoms with Gasteiger partial charge in [-0.2, -0.15) is 0 Å². The van der Waals surface area contributed by atoms with E-state index in [9.17, 15) is 4.79 Å². The van der Waals surface area contributed by atoms with Gasteiger partial charge < -0.3 is 5.32 Å². The van der Waals surface area contributed by atoms with Gasteiger partial charge in [0.15, 0.2) is 0 Å². The highest BCUT2D eigenvalue weighted by Crippen LogP contribution is 2.41. The number of benzene rings is 1. The average molecular weight is 273 g/mol. The van der Waals surface area contributed by atoms with E-state index < -0.39 is 0 Å². The van der Waals surface area contributed by atoms with Crippen LogP contribution in [0.1, 0.15) is 43.2 Å². The van der Waals surface area contributed by atoms with Crippen molar-refractivity contribution >= 4 is 27.3 Å². The molecule has 0 spiro atoms. The third-order valence-electron chi connectivity index (χ3n) is 3.76. The van der Waals surface area contributed by atoms with E-state index in [4.69, 9.17) is 0 Å². The van der Waals surface area contributed by atoms with Gasteiger partial charge in [0.25, 0.3) is 0 Å². The quantitative estimate of drug-likeness (QED) is 0.881. The van der Waals surface area contributed by atoms with Crippen LogP contribution in [-0.2, 0) is 11.2 Å². The summed E-state index contributed by atoms with van der Waals surface area (Å²) in [6.07, 6.45) is 4.19. The molecule has 1 fully saturated rings. The maximum absolute atomic E-state index is 11.2. The summed E-state index contributed by atoms with van der Waals surface area (Å²) in [5.41, 5.74) is 2.86. The van der Waals surface area contributed by atoms with Crippen molar-refractivity contribution in [2.24, 2.45) is 0 Å². The Morgan fingerprint density at radius 1 is 1.42 bits per heavy atom. The Morgan fingerprint density at radius 2 is 2.26 bits per heavy atom. The molecule has 2 nitrogen and oxygen atoms in total. The second-order valence-corrected chi connectivity index (χ2v) is 6.16. The molecule has 1 aliphatic carbocycles. The highest BCUT2D eigenvalue weighted by molar-refractivity contribution is 7.17. The van der Waals surface area contributed by atoms with Gasteiger partial charge in [0.1, 0.15) is 0 Å². The Balaban J connectivity index is 1.75. The Kier molecular flexibility index (Phi) is 3.56. The van der Waals surface area contributed by atoms with E-state index in [1.54, 1.807) is 11.3 Å². The molecular formula is C16H19NOS. The number of hydrogen-bond donors (Lipinski definition) is 1. The van der Waals surface area contributed by atoms with Crippen molar-refractivity contribution in [3.8, 4) is 0 Å². The van der Waals surface area contributed by atoms with Crippen molar-refractivity contribution < 1.29 is 4.79 Å². The highest BCUT2D eigenvalue weighted by Gasteiger charge is 2.23. The maximum Gasteiger partial charge on any atom is 0.219 e. The lowest BCUT2D eigenvalue weighted by atomic mass is 10.0. The van der Waals surface area contributed by atoms with Gasteiger partial charge in [0.2, 0.25) is 5.91 Å². The number of fused-ring (bicyclic) bond motifs is 1. The van der Waals surface area contributed by atoms with Crippen LogP contribution in [0.3, 0.4) is 0 Å². The van der Waals surface area contributed by atoms with Gasteiger partial charge in [0.05, 0.1) is 0 Å². The zero-order valence-electron chi connectivity index (χ0n) is 11.2. The summed E-state index contributed by atoms with van der Waals surface area (Å²) in [6.45, 7) is 2.63. The first-order valence-electron chi connectivity index (χ1n) is 7.04. The summed E-state index contributed by atoms with van der Waals surface area (Å²) in [4.78, 5) is 11.2. The minimum atomic E-state index is 0.137. The average Bonchev–Trinajstić information content (AvgIpc) is 3.21. The molecule has 1 aromatic heterocycles. The largest absolute Gasteiger partial charge is 0.356 e. The molecule has 3 heteroatoms. The second kappa shape index (κ2) is 5.33. The summed E-state index contributed by atoms with van der Waals surface area (Å²) in [5.74, 6) is 0.940. The minimum Gasteiger partial charge on any atom is -0.356 e. The molecule has 1 saturated carbocycles. The molecule has 1 aromatic carbocycles. The smallest absolute Gasteiger partial charge is 0.219 e. The monoisotopic (exact) mass is 273 g/mol. The zero-order valence-corrected chi connectivity index (χ0v) is 12.1. The number of thiophene rings is 1. The summed E-state index contributed by atoms with van der Waals surface area (Å²) < 4.78 is 1.36. The summed E-state index contributed by atoms with van der Waals surface area (Å²) >= 11 is 1.81. The molecule has 1 aliphatic rings. The Hall–Kier alpha value is -1.35. The van der Waals surface area contributed by atoms with Crippen LogP contribution in [-0.4, -0.2) is 12.5 Å². The number of carbonyl (C=O) groups excluding carboxylic acids is 1. The maximum atomic E-state index is 11.2. The molecule has 3 rings (SSSR count). The fraction of sp³-hybridized carbons (Fsp3) is 0.438. The lowest BCUT2D eigenvalue weighted by Crippen LogP contribution is -2.24. The number of amides is 1. The fourth-order valence-electron chi connectivity index (χ4n) is 2.43. The molecule has 0 saturated heterocycles. The fourth-order valence-corrected chi connectivity index (χ4v) is 3.40. The molecular weight excluding hydrogens is 254 g/mol. The first kappa shape index (κ1) is 12.7. The van der Waals surface area contributed by atoms with Crippen molar-refractivity contribution in [1.82, 2.24) is 5.32 Å². The van der Waals surface area contributed by atoms with Gasteiger partial charge in [-0.3, -0.25) is 4.79 Å². The number of nitrogens with one attached hydrogen (secondary N) is 1. The lowest BCUT2D eigenvalue weighted by Gasteiger charge is -2.04. The zero-order chi connectivity index (χ0) is 13.2. The van der Waals surface area contributed by atoms with Crippen molar-refractivity contribution in [1.29, 1.82) is 0 Å². The van der Waals surface area contributed by atoms with Crippen LogP contribution >= 0.6 is 11.3 Å². The number of carbonyl (C=O) groups is 1. The van der Waals surface area contributed by atoms with Gasteiger partial charge >= 0.3 is 0 Å². The Morgan fingerprint density at radius 3 is 3.00 bits per heavy atom. The van der Waals surface area contributed by atoms with Gasteiger partial charge in [-0.25, -0.2) is 0 Å². The van der Waals surface area contributed by atoms with Crippen molar-refractivity contribution in [2.45, 2.75) is 38.5 Å². The standard InChI is InChI=1S/C16H19NOS/c1-2-16(18)17-8-7-13-10-19-15-6-5-12(9-14(13)15)11-3-4-11/h5-6,9-11H,2-4,7-8H2,1H3,(H,17,18). The molecule has 1 N–H and O–H groups in total. The SMILES string of the molecule is CCC(=O)NCCc1csc2ccc(C3CC3)cc12. The van der Waals surface area contributed by atoms with Crippen LogP contribution in [0.2, 0.25) is 0 Å². The van der Waals surface area contributed by atoms with Crippen LogP contribution in [0, 0.1) is 0 Å². The van der Waals surface area contributed by atoms with E-state index >= 15 is 0 Å². The first-order chi connectivity index (χ1) is 9.28. The van der Waals surface area contributed by atoms with Crippen molar-refractivity contribution in [2.75, 3.05) is 6.54 Å². The van der Waals surface area contributed by atoms with Crippen LogP contribution in [0.5, 0.6) is 0 Å². The molecule has 1 amide bonds. The van der Waals surface area contributed by atoms with Gasteiger partial charge in [0, 0.05) is 17.7 Å². The summed E-state index contributed by atoms with van der Waals surface area (Å²) in [6, 6.07) is 6.89.